The molecule has 1 heterocycles. The molecule has 4 nitrogen and oxygen atoms in total. The molecule has 0 spiro atoms. The number of methoxy groups -OCH3 is 2. The Kier molecular flexibility index (Phi) is 11.9. The van der Waals surface area contributed by atoms with Gasteiger partial charge in [-0.1, -0.05) is 77.2 Å². The van der Waals surface area contributed by atoms with Gasteiger partial charge in [-0.25, -0.2) is 4.39 Å². The van der Waals surface area contributed by atoms with Crippen molar-refractivity contribution in [2.45, 2.75) is 95.9 Å². The standard InChI is InChI=1S/C32H46FNO3/c1-4-5-6-7-8-9-10-11-12-13-21-32(27-16-19-29(36-2)30(23-27)37-3)22-20-26(24-34-32)31(35)25-14-17-28(33)18-15-25/h14-19,23,26,34H,4-13,20-22,24H2,1-3H3. The third kappa shape index (κ3) is 8.29. The molecule has 1 aliphatic heterocycles. The SMILES string of the molecule is CCCCCCCCCCCCC1(c2ccc(OC)c(OC)c2)CCC(C(=O)c2ccc(F)cc2)CN1. The number of Topliss-reactive ketones (excluding diaryl/α,β-unsaturated/α-hetero) is 1. The van der Waals surface area contributed by atoms with Crippen molar-refractivity contribution < 1.29 is 18.7 Å². The van der Waals surface area contributed by atoms with Crippen molar-refractivity contribution in [1.29, 1.82) is 0 Å². The summed E-state index contributed by atoms with van der Waals surface area (Å²) in [4.78, 5) is 13.1. The predicted molar refractivity (Wildman–Crippen MR) is 149 cm³/mol. The molecule has 5 heteroatoms. The second kappa shape index (κ2) is 15.1. The van der Waals surface area contributed by atoms with E-state index in [2.05, 4.69) is 24.4 Å². The van der Waals surface area contributed by atoms with Crippen molar-refractivity contribution in [2.24, 2.45) is 5.92 Å². The minimum Gasteiger partial charge on any atom is -0.493 e. The number of hydrogen-bond donors (Lipinski definition) is 1. The normalized spacial score (nSPS) is 19.5. The topological polar surface area (TPSA) is 47.6 Å². The van der Waals surface area contributed by atoms with Crippen LogP contribution in [0.3, 0.4) is 0 Å². The summed E-state index contributed by atoms with van der Waals surface area (Å²) in [5.41, 5.74) is 1.58. The average Bonchev–Trinajstić information content (AvgIpc) is 2.94. The van der Waals surface area contributed by atoms with Gasteiger partial charge >= 0.3 is 0 Å². The molecule has 0 saturated carbocycles. The summed E-state index contributed by atoms with van der Waals surface area (Å²) in [5, 5.41) is 3.79. The summed E-state index contributed by atoms with van der Waals surface area (Å²) in [5.74, 6) is 1.12. The van der Waals surface area contributed by atoms with Crippen molar-refractivity contribution in [3.05, 3.63) is 59.4 Å². The Labute approximate surface area is 223 Å². The first kappa shape index (κ1) is 29.2. The van der Waals surface area contributed by atoms with E-state index in [1.165, 1.54) is 75.5 Å². The van der Waals surface area contributed by atoms with Gasteiger partial charge in [-0.15, -0.1) is 0 Å². The molecule has 1 aliphatic rings. The Balaban J connectivity index is 1.61. The Morgan fingerprint density at radius 1 is 0.892 bits per heavy atom. The summed E-state index contributed by atoms with van der Waals surface area (Å²) in [7, 11) is 3.32. The summed E-state index contributed by atoms with van der Waals surface area (Å²) >= 11 is 0. The number of unbranched alkanes of at least 4 members (excludes halogenated alkanes) is 9. The summed E-state index contributed by atoms with van der Waals surface area (Å²) in [6.45, 7) is 2.88. The van der Waals surface area contributed by atoms with Gasteiger partial charge in [-0.3, -0.25) is 4.79 Å². The molecule has 2 atom stereocenters. The second-order valence-corrected chi connectivity index (χ2v) is 10.6. The van der Waals surface area contributed by atoms with Gasteiger partial charge in [0.2, 0.25) is 0 Å². The minimum absolute atomic E-state index is 0.0901. The number of rotatable bonds is 16. The number of benzene rings is 2. The van der Waals surface area contributed by atoms with Crippen LogP contribution in [0.25, 0.3) is 0 Å². The van der Waals surface area contributed by atoms with Crippen LogP contribution in [-0.4, -0.2) is 26.5 Å². The van der Waals surface area contributed by atoms with E-state index in [0.29, 0.717) is 12.1 Å². The number of carbonyl (C=O) groups is 1. The van der Waals surface area contributed by atoms with Gasteiger partial charge in [0, 0.05) is 23.6 Å². The molecule has 1 fully saturated rings. The monoisotopic (exact) mass is 511 g/mol. The van der Waals surface area contributed by atoms with Crippen LogP contribution in [0.1, 0.15) is 106 Å². The molecule has 37 heavy (non-hydrogen) atoms. The van der Waals surface area contributed by atoms with E-state index in [1.807, 2.05) is 6.07 Å². The summed E-state index contributed by atoms with van der Waals surface area (Å²) < 4.78 is 24.4. The van der Waals surface area contributed by atoms with Gasteiger partial charge in [0.05, 0.1) is 14.2 Å². The molecule has 2 aromatic rings. The molecule has 2 aromatic carbocycles. The predicted octanol–water partition coefficient (Wildman–Crippen LogP) is 8.23. The van der Waals surface area contributed by atoms with Crippen LogP contribution in [-0.2, 0) is 5.54 Å². The summed E-state index contributed by atoms with van der Waals surface area (Å²) in [6, 6.07) is 12.1. The molecule has 3 rings (SSSR count). The molecule has 204 valence electrons. The van der Waals surface area contributed by atoms with Crippen molar-refractivity contribution in [3.63, 3.8) is 0 Å². The number of ketones is 1. The lowest BCUT2D eigenvalue weighted by atomic mass is 9.74. The van der Waals surface area contributed by atoms with Crippen molar-refractivity contribution in [2.75, 3.05) is 20.8 Å². The lowest BCUT2D eigenvalue weighted by Crippen LogP contribution is -2.50. The first-order valence-electron chi connectivity index (χ1n) is 14.3. The highest BCUT2D eigenvalue weighted by atomic mass is 19.1. The maximum Gasteiger partial charge on any atom is 0.167 e. The van der Waals surface area contributed by atoms with E-state index in [-0.39, 0.29) is 23.1 Å². The molecular formula is C32H46FNO3. The second-order valence-electron chi connectivity index (χ2n) is 10.6. The van der Waals surface area contributed by atoms with Crippen LogP contribution >= 0.6 is 0 Å². The van der Waals surface area contributed by atoms with Crippen LogP contribution < -0.4 is 14.8 Å². The fraction of sp³-hybridized carbons (Fsp3) is 0.594. The maximum atomic E-state index is 13.3. The van der Waals surface area contributed by atoms with E-state index < -0.39 is 0 Å². The Bertz CT molecular complexity index is 951. The zero-order valence-corrected chi connectivity index (χ0v) is 23.1. The van der Waals surface area contributed by atoms with E-state index in [4.69, 9.17) is 9.47 Å². The lowest BCUT2D eigenvalue weighted by Gasteiger charge is -2.42. The molecular weight excluding hydrogens is 465 g/mol. The maximum absolute atomic E-state index is 13.3. The van der Waals surface area contributed by atoms with Gasteiger partial charge in [-0.2, -0.15) is 0 Å². The highest BCUT2D eigenvalue weighted by Gasteiger charge is 2.38. The quantitative estimate of drug-likeness (QED) is 0.182. The Hall–Kier alpha value is -2.40. The number of piperidine rings is 1. The zero-order chi connectivity index (χ0) is 26.5. The third-order valence-electron chi connectivity index (χ3n) is 8.00. The van der Waals surface area contributed by atoms with Gasteiger partial charge in [0.25, 0.3) is 0 Å². The molecule has 0 radical (unpaired) electrons. The van der Waals surface area contributed by atoms with Crippen LogP contribution in [0.15, 0.2) is 42.5 Å². The lowest BCUT2D eigenvalue weighted by molar-refractivity contribution is 0.0848. The number of halogens is 1. The Morgan fingerprint density at radius 2 is 1.51 bits per heavy atom. The van der Waals surface area contributed by atoms with E-state index in [1.54, 1.807) is 26.4 Å². The molecule has 0 amide bonds. The van der Waals surface area contributed by atoms with Gasteiger partial charge in [0.1, 0.15) is 5.82 Å². The van der Waals surface area contributed by atoms with Gasteiger partial charge in [-0.05, 0) is 61.2 Å². The van der Waals surface area contributed by atoms with E-state index >= 15 is 0 Å². The van der Waals surface area contributed by atoms with E-state index in [9.17, 15) is 9.18 Å². The first-order chi connectivity index (χ1) is 18.0. The highest BCUT2D eigenvalue weighted by Crippen LogP contribution is 2.41. The molecule has 1 N–H and O–H groups in total. The number of nitrogens with one attached hydrogen (secondary N) is 1. The van der Waals surface area contributed by atoms with Crippen LogP contribution in [0.2, 0.25) is 0 Å². The van der Waals surface area contributed by atoms with Crippen molar-refractivity contribution >= 4 is 5.78 Å². The average molecular weight is 512 g/mol. The molecule has 0 bridgehead atoms. The number of ether oxygens (including phenoxy) is 2. The van der Waals surface area contributed by atoms with Crippen molar-refractivity contribution in [3.8, 4) is 11.5 Å². The van der Waals surface area contributed by atoms with Crippen LogP contribution in [0.5, 0.6) is 11.5 Å². The van der Waals surface area contributed by atoms with E-state index in [0.717, 1.165) is 37.2 Å². The van der Waals surface area contributed by atoms with Crippen LogP contribution in [0, 0.1) is 11.7 Å². The van der Waals surface area contributed by atoms with Crippen molar-refractivity contribution in [1.82, 2.24) is 5.32 Å². The first-order valence-corrected chi connectivity index (χ1v) is 14.3. The van der Waals surface area contributed by atoms with Gasteiger partial charge in [0.15, 0.2) is 17.3 Å². The minimum atomic E-state index is -0.317. The zero-order valence-electron chi connectivity index (χ0n) is 23.1. The largest absolute Gasteiger partial charge is 0.493 e. The van der Waals surface area contributed by atoms with Gasteiger partial charge < -0.3 is 14.8 Å². The molecule has 2 unspecified atom stereocenters. The molecule has 0 aliphatic carbocycles. The fourth-order valence-corrected chi connectivity index (χ4v) is 5.66. The number of carbonyl (C=O) groups excluding carboxylic acids is 1. The van der Waals surface area contributed by atoms with Crippen LogP contribution in [0.4, 0.5) is 4.39 Å². The molecule has 0 aromatic heterocycles. The molecule has 1 saturated heterocycles. The fourth-order valence-electron chi connectivity index (χ4n) is 5.66. The smallest absolute Gasteiger partial charge is 0.167 e. The number of hydrogen-bond acceptors (Lipinski definition) is 4. The Morgan fingerprint density at radius 3 is 2.08 bits per heavy atom. The third-order valence-corrected chi connectivity index (χ3v) is 8.00. The highest BCUT2D eigenvalue weighted by molar-refractivity contribution is 5.98. The summed E-state index contributed by atoms with van der Waals surface area (Å²) in [6.07, 6.45) is 15.8.